The SMILES string of the molecule is C=C.CC.CC\C(F)=C/C=C(CC)/C(CC(=O)NC)=N/N1CC=C(C2=CC(C(=O)NC3(c4ccccc4)CC3)CC=C2C)C=C1C. The van der Waals surface area contributed by atoms with E-state index in [4.69, 9.17) is 5.10 Å². The molecule has 1 heterocycles. The molecule has 3 aliphatic rings. The van der Waals surface area contributed by atoms with E-state index in [9.17, 15) is 14.0 Å². The minimum absolute atomic E-state index is 0.0622. The quantitative estimate of drug-likeness (QED) is 0.146. The summed E-state index contributed by atoms with van der Waals surface area (Å²) < 4.78 is 13.9. The third-order valence-electron chi connectivity index (χ3n) is 8.22. The van der Waals surface area contributed by atoms with Gasteiger partial charge in [-0.3, -0.25) is 14.6 Å². The summed E-state index contributed by atoms with van der Waals surface area (Å²) in [5.74, 6) is -0.540. The Bertz CT molecular complexity index is 1420. The van der Waals surface area contributed by atoms with E-state index in [1.54, 1.807) is 20.0 Å². The zero-order valence-electron chi connectivity index (χ0n) is 28.9. The second-order valence-electron chi connectivity index (χ2n) is 11.2. The predicted molar refractivity (Wildman–Crippen MR) is 191 cm³/mol. The van der Waals surface area contributed by atoms with Gasteiger partial charge in [0.2, 0.25) is 11.8 Å². The highest BCUT2D eigenvalue weighted by Crippen LogP contribution is 2.46. The molecule has 7 heteroatoms. The molecule has 1 aromatic rings. The summed E-state index contributed by atoms with van der Waals surface area (Å²) in [7, 11) is 1.60. The molecule has 4 rings (SSSR count). The van der Waals surface area contributed by atoms with E-state index in [1.807, 2.05) is 50.9 Å². The minimum Gasteiger partial charge on any atom is -0.359 e. The number of halogens is 1. The van der Waals surface area contributed by atoms with Gasteiger partial charge in [-0.05, 0) is 86.0 Å². The summed E-state index contributed by atoms with van der Waals surface area (Å²) in [5, 5.41) is 12.7. The fourth-order valence-electron chi connectivity index (χ4n) is 5.34. The molecule has 1 saturated carbocycles. The number of allylic oxidation sites excluding steroid dienone is 10. The lowest BCUT2D eigenvalue weighted by Crippen LogP contribution is -2.39. The predicted octanol–water partition coefficient (Wildman–Crippen LogP) is 8.75. The largest absolute Gasteiger partial charge is 0.359 e. The molecule has 0 spiro atoms. The third-order valence-corrected chi connectivity index (χ3v) is 8.22. The number of carbonyl (C=O) groups is 2. The van der Waals surface area contributed by atoms with Gasteiger partial charge < -0.3 is 10.6 Å². The van der Waals surface area contributed by atoms with Crippen LogP contribution in [-0.4, -0.2) is 36.1 Å². The standard InChI is InChI=1S/C35H43FN4O2.C2H6.C2H4/c1-6-26(15-16-30(36)7-2)32(23-33(41)37-5)39-40-20-17-27(21-25(40)4)31-22-28(14-13-24(31)3)34(42)38-35(18-19-35)29-11-9-8-10-12-29;2*1-2/h8-13,15-17,21-22,28H,6-7,14,18-20,23H2,1-5H3,(H,37,41)(H,38,42);1-2H3;1-2H2/b26-15+,30-16+,39-32+;;. The highest BCUT2D eigenvalue weighted by atomic mass is 19.1. The first-order valence-corrected chi connectivity index (χ1v) is 16.5. The van der Waals surface area contributed by atoms with Gasteiger partial charge in [0.05, 0.1) is 36.0 Å². The molecular formula is C39H53FN4O2. The fraction of sp³-hybridized carbons (Fsp3) is 0.410. The number of hydrogen-bond acceptors (Lipinski definition) is 4. The number of benzene rings is 1. The molecule has 2 N–H and O–H groups in total. The van der Waals surface area contributed by atoms with Crippen LogP contribution in [0.25, 0.3) is 0 Å². The summed E-state index contributed by atoms with van der Waals surface area (Å²) >= 11 is 0. The van der Waals surface area contributed by atoms with E-state index in [1.165, 1.54) is 11.6 Å². The van der Waals surface area contributed by atoms with Gasteiger partial charge >= 0.3 is 0 Å². The normalized spacial score (nSPS) is 19.1. The summed E-state index contributed by atoms with van der Waals surface area (Å²) in [5.41, 5.74) is 6.55. The van der Waals surface area contributed by atoms with Gasteiger partial charge in [-0.1, -0.05) is 82.3 Å². The molecule has 0 saturated heterocycles. The molecule has 1 unspecified atom stereocenters. The average Bonchev–Trinajstić information content (AvgIpc) is 3.88. The highest BCUT2D eigenvalue weighted by molar-refractivity contribution is 6.10. The molecule has 1 aromatic carbocycles. The second kappa shape index (κ2) is 18.6. The van der Waals surface area contributed by atoms with Crippen LogP contribution in [0.1, 0.15) is 85.6 Å². The molecule has 1 aliphatic heterocycles. The van der Waals surface area contributed by atoms with E-state index in [0.717, 1.165) is 40.8 Å². The Morgan fingerprint density at radius 1 is 1.07 bits per heavy atom. The number of nitrogens with one attached hydrogen (secondary N) is 2. The molecule has 0 radical (unpaired) electrons. The molecule has 6 nitrogen and oxygen atoms in total. The van der Waals surface area contributed by atoms with Crippen molar-refractivity contribution in [3.05, 3.63) is 119 Å². The van der Waals surface area contributed by atoms with Crippen LogP contribution in [0.4, 0.5) is 4.39 Å². The van der Waals surface area contributed by atoms with Crippen molar-refractivity contribution < 1.29 is 14.0 Å². The van der Waals surface area contributed by atoms with Crippen molar-refractivity contribution in [3.63, 3.8) is 0 Å². The first-order chi connectivity index (χ1) is 22.2. The summed E-state index contributed by atoms with van der Waals surface area (Å²) in [6.07, 6.45) is 15.3. The first-order valence-electron chi connectivity index (χ1n) is 16.5. The molecule has 46 heavy (non-hydrogen) atoms. The van der Waals surface area contributed by atoms with Crippen LogP contribution < -0.4 is 10.6 Å². The van der Waals surface area contributed by atoms with E-state index >= 15 is 0 Å². The van der Waals surface area contributed by atoms with Crippen molar-refractivity contribution in [3.8, 4) is 0 Å². The first kappa shape index (κ1) is 37.9. The van der Waals surface area contributed by atoms with Gasteiger partial charge in [-0.15, -0.1) is 13.2 Å². The Balaban J connectivity index is 0.00000177. The maximum atomic E-state index is 13.9. The van der Waals surface area contributed by atoms with Gasteiger partial charge in [0.15, 0.2) is 0 Å². The zero-order chi connectivity index (χ0) is 34.3. The molecule has 248 valence electrons. The Kier molecular flexibility index (Phi) is 15.4. The van der Waals surface area contributed by atoms with Crippen LogP contribution in [0.2, 0.25) is 0 Å². The number of carbonyl (C=O) groups excluding carboxylic acids is 2. The molecular weight excluding hydrogens is 575 g/mol. The van der Waals surface area contributed by atoms with Gasteiger partial charge in [0.25, 0.3) is 0 Å². The summed E-state index contributed by atoms with van der Waals surface area (Å²) in [6.45, 7) is 18.3. The minimum atomic E-state index is -0.238. The van der Waals surface area contributed by atoms with Crippen LogP contribution in [0, 0.1) is 5.92 Å². The van der Waals surface area contributed by atoms with Crippen molar-refractivity contribution >= 4 is 17.5 Å². The van der Waals surface area contributed by atoms with Crippen molar-refractivity contribution in [2.75, 3.05) is 13.6 Å². The Labute approximate surface area is 276 Å². The van der Waals surface area contributed by atoms with E-state index < -0.39 is 0 Å². The topological polar surface area (TPSA) is 73.8 Å². The number of hydrazone groups is 1. The molecule has 1 atom stereocenters. The second-order valence-corrected chi connectivity index (χ2v) is 11.2. The molecule has 0 bridgehead atoms. The van der Waals surface area contributed by atoms with Gasteiger partial charge in [-0.25, -0.2) is 4.39 Å². The summed E-state index contributed by atoms with van der Waals surface area (Å²) in [6, 6.07) is 10.2. The molecule has 1 fully saturated rings. The monoisotopic (exact) mass is 628 g/mol. The lowest BCUT2D eigenvalue weighted by Gasteiger charge is -2.28. The summed E-state index contributed by atoms with van der Waals surface area (Å²) in [4.78, 5) is 25.7. The van der Waals surface area contributed by atoms with E-state index in [-0.39, 0.29) is 35.5 Å². The Morgan fingerprint density at radius 2 is 1.74 bits per heavy atom. The molecule has 2 aliphatic carbocycles. The number of nitrogens with zero attached hydrogens (tertiary/aromatic N) is 2. The lowest BCUT2D eigenvalue weighted by atomic mass is 9.85. The Hall–Kier alpha value is -4.26. The van der Waals surface area contributed by atoms with Crippen LogP contribution in [0.3, 0.4) is 0 Å². The highest BCUT2D eigenvalue weighted by Gasteiger charge is 2.46. The van der Waals surface area contributed by atoms with Gasteiger partial charge in [0.1, 0.15) is 0 Å². The van der Waals surface area contributed by atoms with Crippen LogP contribution in [-0.2, 0) is 15.1 Å². The van der Waals surface area contributed by atoms with Crippen molar-refractivity contribution in [1.29, 1.82) is 0 Å². The maximum Gasteiger partial charge on any atom is 0.227 e. The van der Waals surface area contributed by atoms with Crippen LogP contribution >= 0.6 is 0 Å². The number of amides is 2. The van der Waals surface area contributed by atoms with Crippen LogP contribution in [0.5, 0.6) is 0 Å². The lowest BCUT2D eigenvalue weighted by molar-refractivity contribution is -0.124. The van der Waals surface area contributed by atoms with E-state index in [2.05, 4.69) is 67.2 Å². The van der Waals surface area contributed by atoms with Gasteiger partial charge in [-0.2, -0.15) is 5.10 Å². The van der Waals surface area contributed by atoms with Crippen molar-refractivity contribution in [2.45, 2.75) is 85.6 Å². The number of rotatable bonds is 11. The maximum absolute atomic E-state index is 13.9. The zero-order valence-corrected chi connectivity index (χ0v) is 28.9. The third kappa shape index (κ3) is 10.1. The Morgan fingerprint density at radius 3 is 2.30 bits per heavy atom. The fourth-order valence-corrected chi connectivity index (χ4v) is 5.34. The van der Waals surface area contributed by atoms with Crippen molar-refractivity contribution in [2.24, 2.45) is 11.0 Å². The van der Waals surface area contributed by atoms with Crippen LogP contribution in [0.15, 0.2) is 119 Å². The van der Waals surface area contributed by atoms with Gasteiger partial charge in [0, 0.05) is 12.7 Å². The van der Waals surface area contributed by atoms with Crippen molar-refractivity contribution in [1.82, 2.24) is 15.6 Å². The average molecular weight is 629 g/mol. The molecule has 0 aromatic heterocycles. The molecule has 2 amide bonds. The smallest absolute Gasteiger partial charge is 0.227 e. The number of hydrogen-bond donors (Lipinski definition) is 2. The van der Waals surface area contributed by atoms with E-state index in [0.29, 0.717) is 31.5 Å².